The molecule has 3 rings (SSSR count). The molecule has 6 heteroatoms. The number of nitriles is 1. The minimum Gasteiger partial charge on any atom is -0.317 e. The lowest BCUT2D eigenvalue weighted by molar-refractivity contribution is -0.115. The van der Waals surface area contributed by atoms with Crippen molar-refractivity contribution in [2.75, 3.05) is 11.1 Å². The fourth-order valence-electron chi connectivity index (χ4n) is 2.75. The Hall–Kier alpha value is -1.84. The summed E-state index contributed by atoms with van der Waals surface area (Å²) in [5.74, 6) is 0.271. The Morgan fingerprint density at radius 2 is 2.04 bits per heavy atom. The van der Waals surface area contributed by atoms with Gasteiger partial charge in [0.05, 0.1) is 5.56 Å². The number of halogens is 1. The van der Waals surface area contributed by atoms with E-state index in [2.05, 4.69) is 11.4 Å². The zero-order valence-electron chi connectivity index (χ0n) is 13.1. The molecule has 1 aromatic heterocycles. The summed E-state index contributed by atoms with van der Waals surface area (Å²) >= 11 is 3.06. The zero-order valence-corrected chi connectivity index (χ0v) is 14.7. The van der Waals surface area contributed by atoms with E-state index in [-0.39, 0.29) is 11.7 Å². The molecule has 0 fully saturated rings. The number of aryl methyl sites for hydroxylation is 1. The Kier molecular flexibility index (Phi) is 5.54. The summed E-state index contributed by atoms with van der Waals surface area (Å²) < 4.78 is 12.8. The first-order valence-corrected chi connectivity index (χ1v) is 9.70. The molecular weight excluding hydrogens is 343 g/mol. The molecule has 0 atom stereocenters. The molecule has 0 unspecified atom stereocenters. The zero-order chi connectivity index (χ0) is 16.9. The van der Waals surface area contributed by atoms with Crippen LogP contribution in [-0.4, -0.2) is 11.7 Å². The van der Waals surface area contributed by atoms with Crippen molar-refractivity contribution in [3.63, 3.8) is 0 Å². The van der Waals surface area contributed by atoms with Crippen molar-refractivity contribution in [1.82, 2.24) is 0 Å². The lowest BCUT2D eigenvalue weighted by Gasteiger charge is -2.09. The first kappa shape index (κ1) is 17.0. The van der Waals surface area contributed by atoms with Crippen molar-refractivity contribution in [2.45, 2.75) is 37.0 Å². The number of carbonyl (C=O) groups excluding carboxylic acids is 1. The number of thiophene rings is 1. The Bertz CT molecular complexity index is 778. The van der Waals surface area contributed by atoms with Crippen molar-refractivity contribution >= 4 is 34.0 Å². The lowest BCUT2D eigenvalue weighted by atomic mass is 9.96. The van der Waals surface area contributed by atoms with Gasteiger partial charge in [0.2, 0.25) is 5.91 Å². The number of hydrogen-bond donors (Lipinski definition) is 1. The molecule has 0 bridgehead atoms. The number of nitrogens with one attached hydrogen (secondary N) is 1. The molecule has 1 aliphatic carbocycles. The third kappa shape index (κ3) is 3.97. The first-order chi connectivity index (χ1) is 11.7. The summed E-state index contributed by atoms with van der Waals surface area (Å²) in [6, 6.07) is 8.49. The lowest BCUT2D eigenvalue weighted by Crippen LogP contribution is -2.12. The number of hydrogen-bond acceptors (Lipinski definition) is 4. The minimum absolute atomic E-state index is 0.0836. The molecule has 3 nitrogen and oxygen atoms in total. The maximum atomic E-state index is 12.8. The van der Waals surface area contributed by atoms with Gasteiger partial charge >= 0.3 is 0 Å². The van der Waals surface area contributed by atoms with E-state index in [4.69, 9.17) is 0 Å². The van der Waals surface area contributed by atoms with E-state index in [9.17, 15) is 14.4 Å². The van der Waals surface area contributed by atoms with E-state index in [0.29, 0.717) is 22.7 Å². The molecule has 1 heterocycles. The van der Waals surface area contributed by atoms with Crippen LogP contribution in [0.4, 0.5) is 9.39 Å². The molecule has 24 heavy (non-hydrogen) atoms. The second-order valence-corrected chi connectivity index (χ2v) is 7.90. The summed E-state index contributed by atoms with van der Waals surface area (Å²) in [7, 11) is 0. The molecule has 124 valence electrons. The molecule has 0 saturated carbocycles. The molecule has 1 aromatic carbocycles. The van der Waals surface area contributed by atoms with E-state index in [1.807, 2.05) is 0 Å². The highest BCUT2D eigenvalue weighted by Gasteiger charge is 2.21. The predicted octanol–water partition coefficient (Wildman–Crippen LogP) is 4.76. The van der Waals surface area contributed by atoms with Gasteiger partial charge in [-0.3, -0.25) is 4.79 Å². The Morgan fingerprint density at radius 3 is 2.79 bits per heavy atom. The molecular formula is C18H17FN2OS2. The summed E-state index contributed by atoms with van der Waals surface area (Å²) in [5.41, 5.74) is 1.78. The van der Waals surface area contributed by atoms with Gasteiger partial charge in [-0.15, -0.1) is 23.1 Å². The number of amides is 1. The first-order valence-electron chi connectivity index (χ1n) is 7.90. The SMILES string of the molecule is N#Cc1c(NC(=O)CCSc2ccc(F)cc2)sc2c1CCCC2. The molecule has 1 amide bonds. The maximum Gasteiger partial charge on any atom is 0.225 e. The Morgan fingerprint density at radius 1 is 1.29 bits per heavy atom. The van der Waals surface area contributed by atoms with E-state index < -0.39 is 0 Å². The maximum absolute atomic E-state index is 12.8. The predicted molar refractivity (Wildman–Crippen MR) is 96.0 cm³/mol. The van der Waals surface area contributed by atoms with Gasteiger partial charge in [-0.25, -0.2) is 4.39 Å². The van der Waals surface area contributed by atoms with Crippen LogP contribution >= 0.6 is 23.1 Å². The molecule has 1 aliphatic rings. The van der Waals surface area contributed by atoms with Crippen LogP contribution in [-0.2, 0) is 17.6 Å². The number of nitrogens with zero attached hydrogens (tertiary/aromatic N) is 1. The highest BCUT2D eigenvalue weighted by molar-refractivity contribution is 7.99. The fourth-order valence-corrected chi connectivity index (χ4v) is 4.86. The van der Waals surface area contributed by atoms with Crippen LogP contribution in [0.1, 0.15) is 35.3 Å². The number of anilines is 1. The van der Waals surface area contributed by atoms with Gasteiger partial charge in [0.25, 0.3) is 0 Å². The Labute approximate surface area is 148 Å². The molecule has 0 aliphatic heterocycles. The van der Waals surface area contributed by atoms with Gasteiger partial charge in [-0.05, 0) is 55.5 Å². The van der Waals surface area contributed by atoms with Crippen molar-refractivity contribution in [2.24, 2.45) is 0 Å². The average Bonchev–Trinajstić information content (AvgIpc) is 2.93. The quantitative estimate of drug-likeness (QED) is 0.782. The van der Waals surface area contributed by atoms with E-state index in [1.54, 1.807) is 23.5 Å². The van der Waals surface area contributed by atoms with Crippen LogP contribution < -0.4 is 5.32 Å². The van der Waals surface area contributed by atoms with E-state index in [0.717, 1.165) is 36.1 Å². The van der Waals surface area contributed by atoms with Gasteiger partial charge in [0.15, 0.2) is 0 Å². The molecule has 0 radical (unpaired) electrons. The molecule has 0 spiro atoms. The van der Waals surface area contributed by atoms with Gasteiger partial charge < -0.3 is 5.32 Å². The summed E-state index contributed by atoms with van der Waals surface area (Å²) in [5, 5.41) is 13.0. The van der Waals surface area contributed by atoms with Crippen molar-refractivity contribution in [1.29, 1.82) is 5.26 Å². The second-order valence-electron chi connectivity index (χ2n) is 5.63. The van der Waals surface area contributed by atoms with Crippen LogP contribution in [0.5, 0.6) is 0 Å². The van der Waals surface area contributed by atoms with E-state index >= 15 is 0 Å². The van der Waals surface area contributed by atoms with Crippen LogP contribution in [0.3, 0.4) is 0 Å². The van der Waals surface area contributed by atoms with Crippen LogP contribution in [0.25, 0.3) is 0 Å². The summed E-state index contributed by atoms with van der Waals surface area (Å²) in [6.07, 6.45) is 4.56. The highest BCUT2D eigenvalue weighted by atomic mass is 32.2. The van der Waals surface area contributed by atoms with Gasteiger partial charge in [0.1, 0.15) is 16.9 Å². The smallest absolute Gasteiger partial charge is 0.225 e. The normalized spacial score (nSPS) is 13.2. The second kappa shape index (κ2) is 7.82. The van der Waals surface area contributed by atoms with Crippen molar-refractivity contribution < 1.29 is 9.18 Å². The van der Waals surface area contributed by atoms with Gasteiger partial charge in [0, 0.05) is 21.9 Å². The molecule has 2 aromatic rings. The third-order valence-electron chi connectivity index (χ3n) is 3.95. The highest BCUT2D eigenvalue weighted by Crippen LogP contribution is 2.37. The largest absolute Gasteiger partial charge is 0.317 e. The van der Waals surface area contributed by atoms with Crippen molar-refractivity contribution in [3.05, 3.63) is 46.1 Å². The van der Waals surface area contributed by atoms with E-state index in [1.165, 1.54) is 28.8 Å². The summed E-state index contributed by atoms with van der Waals surface area (Å²) in [4.78, 5) is 14.3. The summed E-state index contributed by atoms with van der Waals surface area (Å²) in [6.45, 7) is 0. The van der Waals surface area contributed by atoms with Gasteiger partial charge in [-0.2, -0.15) is 5.26 Å². The van der Waals surface area contributed by atoms with Crippen LogP contribution in [0.15, 0.2) is 29.2 Å². The standard InChI is InChI=1S/C18H17FN2OS2/c19-12-5-7-13(8-6-12)23-10-9-17(22)21-18-15(11-20)14-3-1-2-4-16(14)24-18/h5-8H,1-4,9-10H2,(H,21,22). The van der Waals surface area contributed by atoms with Gasteiger partial charge in [-0.1, -0.05) is 0 Å². The van der Waals surface area contributed by atoms with Crippen LogP contribution in [0.2, 0.25) is 0 Å². The number of carbonyl (C=O) groups is 1. The third-order valence-corrected chi connectivity index (χ3v) is 6.17. The Balaban J connectivity index is 1.56. The number of fused-ring (bicyclic) bond motifs is 1. The fraction of sp³-hybridized carbons (Fsp3) is 0.333. The monoisotopic (exact) mass is 360 g/mol. The van der Waals surface area contributed by atoms with Crippen LogP contribution in [0, 0.1) is 17.1 Å². The number of thioether (sulfide) groups is 1. The average molecular weight is 360 g/mol. The minimum atomic E-state index is -0.261. The number of benzene rings is 1. The topological polar surface area (TPSA) is 52.9 Å². The van der Waals surface area contributed by atoms with Crippen molar-refractivity contribution in [3.8, 4) is 6.07 Å². The number of rotatable bonds is 5. The molecule has 0 saturated heterocycles. The molecule has 1 N–H and O–H groups in total.